The largest absolute Gasteiger partial charge is 0.0654 e. The highest BCUT2D eigenvalue weighted by Gasteiger charge is 1.97. The van der Waals surface area contributed by atoms with Gasteiger partial charge in [0.05, 0.1) is 0 Å². The Labute approximate surface area is 219 Å². The van der Waals surface area contributed by atoms with Crippen molar-refractivity contribution >= 4 is 0 Å². The first kappa shape index (κ1) is 34.0. The van der Waals surface area contributed by atoms with Crippen LogP contribution in [-0.2, 0) is 0 Å². The van der Waals surface area contributed by atoms with E-state index in [2.05, 4.69) is 20.3 Å². The van der Waals surface area contributed by atoms with Crippen LogP contribution in [0, 0.1) is 6.42 Å². The molecular formula is C34H69. The van der Waals surface area contributed by atoms with E-state index in [1.807, 2.05) is 0 Å². The van der Waals surface area contributed by atoms with Crippen molar-refractivity contribution in [3.63, 3.8) is 0 Å². The Kier molecular flexibility index (Phi) is 33.0. The highest BCUT2D eigenvalue weighted by atomic mass is 14.0. The van der Waals surface area contributed by atoms with Crippen molar-refractivity contribution in [2.75, 3.05) is 0 Å². The average molecular weight is 478 g/mol. The molecule has 0 unspecified atom stereocenters. The van der Waals surface area contributed by atoms with Crippen LogP contribution in [0.15, 0.2) is 0 Å². The molecule has 0 atom stereocenters. The fourth-order valence-electron chi connectivity index (χ4n) is 5.29. The molecule has 0 fully saturated rings. The zero-order valence-corrected chi connectivity index (χ0v) is 24.5. The lowest BCUT2D eigenvalue weighted by Crippen LogP contribution is -1.85. The molecule has 0 amide bonds. The SMILES string of the molecule is CCCCCCCCCCCCCCC[CH]CCCCCCCCCCCCCCCCCC. The predicted octanol–water partition coefficient (Wildman–Crippen LogP) is 13.3. The Balaban J connectivity index is 2.99. The van der Waals surface area contributed by atoms with Gasteiger partial charge in [0.15, 0.2) is 0 Å². The van der Waals surface area contributed by atoms with Gasteiger partial charge in [0.25, 0.3) is 0 Å². The maximum Gasteiger partial charge on any atom is -0.0386 e. The minimum atomic E-state index is 1.37. The second-order valence-corrected chi connectivity index (χ2v) is 11.4. The van der Waals surface area contributed by atoms with E-state index in [1.54, 1.807) is 0 Å². The lowest BCUT2D eigenvalue weighted by atomic mass is 10.0. The smallest absolute Gasteiger partial charge is 0.0386 e. The minimum Gasteiger partial charge on any atom is -0.0654 e. The molecule has 0 saturated heterocycles. The van der Waals surface area contributed by atoms with Crippen LogP contribution in [0.25, 0.3) is 0 Å². The van der Waals surface area contributed by atoms with Crippen LogP contribution in [0.2, 0.25) is 0 Å². The molecule has 0 heteroatoms. The third-order valence-electron chi connectivity index (χ3n) is 7.77. The Morgan fingerprint density at radius 1 is 0.235 bits per heavy atom. The van der Waals surface area contributed by atoms with Crippen molar-refractivity contribution in [3.8, 4) is 0 Å². The number of hydrogen-bond donors (Lipinski definition) is 0. The summed E-state index contributed by atoms with van der Waals surface area (Å²) in [6, 6.07) is 0. The minimum absolute atomic E-state index is 1.37. The van der Waals surface area contributed by atoms with Gasteiger partial charge in [0.2, 0.25) is 0 Å². The third kappa shape index (κ3) is 32.0. The van der Waals surface area contributed by atoms with Gasteiger partial charge in [-0.3, -0.25) is 0 Å². The molecule has 0 aromatic heterocycles. The van der Waals surface area contributed by atoms with Gasteiger partial charge in [-0.15, -0.1) is 0 Å². The van der Waals surface area contributed by atoms with Crippen LogP contribution in [-0.4, -0.2) is 0 Å². The summed E-state index contributed by atoms with van der Waals surface area (Å²) in [5, 5.41) is 0. The van der Waals surface area contributed by atoms with Gasteiger partial charge in [0, 0.05) is 0 Å². The van der Waals surface area contributed by atoms with E-state index >= 15 is 0 Å². The van der Waals surface area contributed by atoms with E-state index in [9.17, 15) is 0 Å². The second-order valence-electron chi connectivity index (χ2n) is 11.4. The molecule has 0 aromatic rings. The number of unbranched alkanes of at least 4 members (excludes halogenated alkanes) is 31. The van der Waals surface area contributed by atoms with Crippen molar-refractivity contribution in [1.82, 2.24) is 0 Å². The molecule has 0 nitrogen and oxygen atoms in total. The molecule has 0 aliphatic rings. The fourth-order valence-corrected chi connectivity index (χ4v) is 5.29. The topological polar surface area (TPSA) is 0 Å². The van der Waals surface area contributed by atoms with Crippen molar-refractivity contribution in [2.45, 2.75) is 213 Å². The lowest BCUT2D eigenvalue weighted by Gasteiger charge is -2.04. The van der Waals surface area contributed by atoms with E-state index in [0.29, 0.717) is 0 Å². The Morgan fingerprint density at radius 2 is 0.412 bits per heavy atom. The van der Waals surface area contributed by atoms with Crippen LogP contribution < -0.4 is 0 Å². The zero-order valence-electron chi connectivity index (χ0n) is 24.5. The molecule has 0 N–H and O–H groups in total. The first-order chi connectivity index (χ1) is 16.9. The molecule has 0 aromatic carbocycles. The van der Waals surface area contributed by atoms with E-state index in [1.165, 1.54) is 199 Å². The van der Waals surface area contributed by atoms with Crippen molar-refractivity contribution in [2.24, 2.45) is 0 Å². The van der Waals surface area contributed by atoms with E-state index < -0.39 is 0 Å². The maximum atomic E-state index is 2.59. The molecule has 0 rings (SSSR count). The van der Waals surface area contributed by atoms with Gasteiger partial charge in [0.1, 0.15) is 0 Å². The summed E-state index contributed by atoms with van der Waals surface area (Å²) in [7, 11) is 0. The zero-order chi connectivity index (χ0) is 24.6. The van der Waals surface area contributed by atoms with Gasteiger partial charge in [-0.25, -0.2) is 0 Å². The summed E-state index contributed by atoms with van der Waals surface area (Å²) in [5.74, 6) is 0. The summed E-state index contributed by atoms with van der Waals surface area (Å²) >= 11 is 0. The first-order valence-corrected chi connectivity index (χ1v) is 16.7. The third-order valence-corrected chi connectivity index (χ3v) is 7.77. The highest BCUT2D eigenvalue weighted by Crippen LogP contribution is 2.16. The highest BCUT2D eigenvalue weighted by molar-refractivity contribution is 4.64. The van der Waals surface area contributed by atoms with E-state index in [4.69, 9.17) is 0 Å². The maximum absolute atomic E-state index is 2.59. The standard InChI is InChI=1S/C34H69/c1-3-5-7-9-11-13-15-17-19-21-23-25-27-29-31-33-34-32-30-28-26-24-22-20-18-16-14-12-10-8-6-4-2/h31H,3-30,32-34H2,1-2H3. The normalized spacial score (nSPS) is 11.5. The summed E-state index contributed by atoms with van der Waals surface area (Å²) in [4.78, 5) is 0. The van der Waals surface area contributed by atoms with Gasteiger partial charge in [-0.05, 0) is 6.42 Å². The van der Waals surface area contributed by atoms with Crippen LogP contribution in [0.3, 0.4) is 0 Å². The van der Waals surface area contributed by atoms with Crippen molar-refractivity contribution in [3.05, 3.63) is 6.42 Å². The quantitative estimate of drug-likeness (QED) is 0.0870. The Morgan fingerprint density at radius 3 is 0.618 bits per heavy atom. The predicted molar refractivity (Wildman–Crippen MR) is 159 cm³/mol. The van der Waals surface area contributed by atoms with Crippen molar-refractivity contribution < 1.29 is 0 Å². The molecule has 0 bridgehead atoms. The average Bonchev–Trinajstić information content (AvgIpc) is 2.85. The van der Waals surface area contributed by atoms with Crippen LogP contribution >= 0.6 is 0 Å². The number of hydrogen-bond acceptors (Lipinski definition) is 0. The van der Waals surface area contributed by atoms with Crippen molar-refractivity contribution in [1.29, 1.82) is 0 Å². The van der Waals surface area contributed by atoms with Crippen LogP contribution in [0.5, 0.6) is 0 Å². The second kappa shape index (κ2) is 33.0. The van der Waals surface area contributed by atoms with E-state index in [0.717, 1.165) is 0 Å². The fraction of sp³-hybridized carbons (Fsp3) is 0.971. The molecular weight excluding hydrogens is 408 g/mol. The van der Waals surface area contributed by atoms with Gasteiger partial charge >= 0.3 is 0 Å². The summed E-state index contributed by atoms with van der Waals surface area (Å²) < 4.78 is 0. The molecule has 34 heavy (non-hydrogen) atoms. The van der Waals surface area contributed by atoms with Gasteiger partial charge < -0.3 is 0 Å². The molecule has 0 saturated carbocycles. The molecule has 205 valence electrons. The summed E-state index contributed by atoms with van der Waals surface area (Å²) in [6.07, 6.45) is 47.9. The summed E-state index contributed by atoms with van der Waals surface area (Å²) in [6.45, 7) is 4.61. The first-order valence-electron chi connectivity index (χ1n) is 16.7. The molecule has 0 spiro atoms. The molecule has 0 aliphatic heterocycles. The Bertz CT molecular complexity index is 288. The van der Waals surface area contributed by atoms with Gasteiger partial charge in [-0.1, -0.05) is 213 Å². The molecule has 1 radical (unpaired) electrons. The monoisotopic (exact) mass is 478 g/mol. The summed E-state index contributed by atoms with van der Waals surface area (Å²) in [5.41, 5.74) is 0. The van der Waals surface area contributed by atoms with Gasteiger partial charge in [-0.2, -0.15) is 0 Å². The van der Waals surface area contributed by atoms with Crippen LogP contribution in [0.4, 0.5) is 0 Å². The number of rotatable bonds is 31. The van der Waals surface area contributed by atoms with Crippen LogP contribution in [0.1, 0.15) is 213 Å². The molecule has 0 heterocycles. The molecule has 0 aliphatic carbocycles. The van der Waals surface area contributed by atoms with E-state index in [-0.39, 0.29) is 0 Å². The lowest BCUT2D eigenvalue weighted by molar-refractivity contribution is 0.527. The Hall–Kier alpha value is 0.